The first-order valence-corrected chi connectivity index (χ1v) is 13.6. The number of rotatable bonds is 5. The van der Waals surface area contributed by atoms with Crippen molar-refractivity contribution in [3.63, 3.8) is 0 Å². The molecule has 0 spiro atoms. The third-order valence-electron chi connectivity index (χ3n) is 8.63. The summed E-state index contributed by atoms with van der Waals surface area (Å²) in [5, 5.41) is 4.15. The van der Waals surface area contributed by atoms with E-state index in [0.29, 0.717) is 30.2 Å². The number of hydrogen-bond acceptors (Lipinski definition) is 4. The molecule has 2 N–H and O–H groups in total. The number of carbonyl (C=O) groups is 1. The summed E-state index contributed by atoms with van der Waals surface area (Å²) in [5.41, 5.74) is -0.623. The van der Waals surface area contributed by atoms with E-state index in [1.165, 1.54) is 32.1 Å². The first kappa shape index (κ1) is 20.6. The number of nitrogens with one attached hydrogen (secondary N) is 2. The minimum atomic E-state index is -3.91. The van der Waals surface area contributed by atoms with Crippen LogP contribution in [0.15, 0.2) is 41.4 Å². The van der Waals surface area contributed by atoms with Crippen molar-refractivity contribution in [3.8, 4) is 0 Å². The van der Waals surface area contributed by atoms with Gasteiger partial charge in [0.2, 0.25) is 15.9 Å². The number of sulfonamides is 1. The summed E-state index contributed by atoms with van der Waals surface area (Å²) in [6.07, 6.45) is 10.7. The van der Waals surface area contributed by atoms with E-state index < -0.39 is 15.6 Å². The number of amides is 1. The maximum Gasteiger partial charge on any atom is 0.243 e. The van der Waals surface area contributed by atoms with E-state index in [-0.39, 0.29) is 16.8 Å². The molecule has 1 aromatic carbocycles. The molecule has 170 valence electrons. The van der Waals surface area contributed by atoms with Crippen LogP contribution in [0, 0.1) is 23.7 Å². The van der Waals surface area contributed by atoms with Gasteiger partial charge >= 0.3 is 0 Å². The van der Waals surface area contributed by atoms with Gasteiger partial charge < -0.3 is 5.32 Å². The van der Waals surface area contributed by atoms with Crippen molar-refractivity contribution in [3.05, 3.63) is 36.5 Å². The van der Waals surface area contributed by atoms with Crippen LogP contribution in [0.1, 0.15) is 57.8 Å². The summed E-state index contributed by atoms with van der Waals surface area (Å²) < 4.78 is 29.9. The summed E-state index contributed by atoms with van der Waals surface area (Å²) >= 11 is 0. The minimum Gasteiger partial charge on any atom is -0.351 e. The van der Waals surface area contributed by atoms with Gasteiger partial charge in [-0.15, -0.1) is 0 Å². The highest BCUT2D eigenvalue weighted by molar-refractivity contribution is 7.89. The van der Waals surface area contributed by atoms with Crippen LogP contribution in [0.3, 0.4) is 0 Å². The average molecular weight is 454 g/mol. The predicted molar refractivity (Wildman–Crippen MR) is 122 cm³/mol. The molecule has 0 aliphatic heterocycles. The molecule has 4 bridgehead atoms. The fraction of sp³-hybridized carbons (Fsp3) is 0.600. The zero-order valence-corrected chi connectivity index (χ0v) is 19.1. The highest BCUT2D eigenvalue weighted by Crippen LogP contribution is 2.53. The lowest BCUT2D eigenvalue weighted by Gasteiger charge is -2.54. The van der Waals surface area contributed by atoms with E-state index in [4.69, 9.17) is 0 Å². The number of para-hydroxylation sites is 1. The molecule has 5 saturated carbocycles. The first-order chi connectivity index (χ1) is 15.4. The second-order valence-electron chi connectivity index (χ2n) is 10.7. The van der Waals surface area contributed by atoms with Gasteiger partial charge in [0.15, 0.2) is 0 Å². The van der Waals surface area contributed by atoms with Crippen LogP contribution in [0.5, 0.6) is 0 Å². The number of aromatic nitrogens is 1. The molecule has 0 saturated heterocycles. The molecular weight excluding hydrogens is 422 g/mol. The molecule has 5 fully saturated rings. The minimum absolute atomic E-state index is 0.121. The molecule has 1 heterocycles. The van der Waals surface area contributed by atoms with Gasteiger partial charge in [-0.2, -0.15) is 4.72 Å². The average Bonchev–Trinajstić information content (AvgIpc) is 3.24. The predicted octanol–water partition coefficient (Wildman–Crippen LogP) is 3.77. The molecule has 7 rings (SSSR count). The van der Waals surface area contributed by atoms with Crippen molar-refractivity contribution in [2.45, 2.75) is 74.3 Å². The standard InChI is InChI=1S/C25H31N3O3S/c29-24(27-22-19-12-16-11-17(14-19)15-20(22)13-16)25(8-1-2-9-25)28-32(30,31)21-7-3-5-18-6-4-10-26-23(18)21/h3-7,10,16-17,19-20,22,28H,1-2,8-9,11-15H2,(H,27,29). The zero-order valence-electron chi connectivity index (χ0n) is 18.3. The SMILES string of the molecule is O=C(NC1C2CC3CC(C2)CC1C3)C1(NS(=O)(=O)c2cccc3cccnc23)CCCC1. The highest BCUT2D eigenvalue weighted by atomic mass is 32.2. The van der Waals surface area contributed by atoms with Gasteiger partial charge in [-0.1, -0.05) is 31.0 Å². The normalized spacial score (nSPS) is 32.9. The number of nitrogens with zero attached hydrogens (tertiary/aromatic N) is 1. The molecular formula is C25H31N3O3S. The summed E-state index contributed by atoms with van der Waals surface area (Å²) in [6.45, 7) is 0. The molecule has 0 unspecified atom stereocenters. The molecule has 5 aliphatic carbocycles. The lowest BCUT2D eigenvalue weighted by atomic mass is 9.54. The number of pyridine rings is 1. The van der Waals surface area contributed by atoms with E-state index in [0.717, 1.165) is 30.1 Å². The topological polar surface area (TPSA) is 88.2 Å². The summed E-state index contributed by atoms with van der Waals surface area (Å²) in [7, 11) is -3.91. The van der Waals surface area contributed by atoms with E-state index in [2.05, 4.69) is 15.0 Å². The molecule has 7 heteroatoms. The number of hydrogen-bond donors (Lipinski definition) is 2. The van der Waals surface area contributed by atoms with Crippen LogP contribution in [-0.2, 0) is 14.8 Å². The first-order valence-electron chi connectivity index (χ1n) is 12.1. The Labute approximate surface area is 189 Å². The van der Waals surface area contributed by atoms with Crippen LogP contribution in [0.2, 0.25) is 0 Å². The van der Waals surface area contributed by atoms with Gasteiger partial charge in [0, 0.05) is 17.6 Å². The molecule has 5 aliphatic rings. The summed E-state index contributed by atoms with van der Waals surface area (Å²) in [6, 6.07) is 9.02. The molecule has 1 aromatic heterocycles. The number of carbonyl (C=O) groups excluding carboxylic acids is 1. The Hall–Kier alpha value is -1.99. The zero-order chi connectivity index (χ0) is 21.9. The van der Waals surface area contributed by atoms with Crippen LogP contribution >= 0.6 is 0 Å². The molecule has 2 aromatic rings. The van der Waals surface area contributed by atoms with Gasteiger partial charge in [-0.25, -0.2) is 8.42 Å². The third kappa shape index (κ3) is 3.36. The van der Waals surface area contributed by atoms with E-state index in [1.807, 2.05) is 12.1 Å². The van der Waals surface area contributed by atoms with Gasteiger partial charge in [0.25, 0.3) is 0 Å². The lowest BCUT2D eigenvalue weighted by molar-refractivity contribution is -0.130. The number of fused-ring (bicyclic) bond motifs is 1. The van der Waals surface area contributed by atoms with Crippen molar-refractivity contribution in [2.24, 2.45) is 23.7 Å². The second-order valence-corrected chi connectivity index (χ2v) is 12.3. The Morgan fingerprint density at radius 3 is 2.28 bits per heavy atom. The molecule has 0 atom stereocenters. The monoisotopic (exact) mass is 453 g/mol. The van der Waals surface area contributed by atoms with Crippen molar-refractivity contribution in [1.29, 1.82) is 0 Å². The van der Waals surface area contributed by atoms with Crippen molar-refractivity contribution >= 4 is 26.8 Å². The van der Waals surface area contributed by atoms with Gasteiger partial charge in [0.05, 0.1) is 5.52 Å². The van der Waals surface area contributed by atoms with Crippen molar-refractivity contribution in [1.82, 2.24) is 15.0 Å². The summed E-state index contributed by atoms with van der Waals surface area (Å²) in [5.74, 6) is 2.68. The van der Waals surface area contributed by atoms with Gasteiger partial charge in [-0.3, -0.25) is 9.78 Å². The van der Waals surface area contributed by atoms with Crippen LogP contribution < -0.4 is 10.0 Å². The fourth-order valence-corrected chi connectivity index (χ4v) is 9.01. The van der Waals surface area contributed by atoms with E-state index >= 15 is 0 Å². The summed E-state index contributed by atoms with van der Waals surface area (Å²) in [4.78, 5) is 18.1. The maximum atomic E-state index is 13.7. The molecule has 6 nitrogen and oxygen atoms in total. The van der Waals surface area contributed by atoms with Crippen LogP contribution in [0.4, 0.5) is 0 Å². The smallest absolute Gasteiger partial charge is 0.243 e. The maximum absolute atomic E-state index is 13.7. The Balaban J connectivity index is 1.28. The molecule has 1 amide bonds. The van der Waals surface area contributed by atoms with Gasteiger partial charge in [0.1, 0.15) is 10.4 Å². The third-order valence-corrected chi connectivity index (χ3v) is 10.2. The second kappa shape index (κ2) is 7.52. The van der Waals surface area contributed by atoms with Crippen molar-refractivity contribution in [2.75, 3.05) is 0 Å². The number of benzene rings is 1. The van der Waals surface area contributed by atoms with E-state index in [1.54, 1.807) is 24.4 Å². The van der Waals surface area contributed by atoms with Crippen LogP contribution in [-0.4, -0.2) is 30.9 Å². The highest BCUT2D eigenvalue weighted by Gasteiger charge is 2.51. The fourth-order valence-electron chi connectivity index (χ4n) is 7.41. The Kier molecular flexibility index (Phi) is 4.84. The Bertz CT molecular complexity index is 1120. The quantitative estimate of drug-likeness (QED) is 0.721. The lowest BCUT2D eigenvalue weighted by Crippen LogP contribution is -2.63. The Morgan fingerprint density at radius 2 is 1.59 bits per heavy atom. The van der Waals surface area contributed by atoms with E-state index in [9.17, 15) is 13.2 Å². The van der Waals surface area contributed by atoms with Crippen LogP contribution in [0.25, 0.3) is 10.9 Å². The van der Waals surface area contributed by atoms with Crippen molar-refractivity contribution < 1.29 is 13.2 Å². The molecule has 0 radical (unpaired) electrons. The Morgan fingerprint density at radius 1 is 0.938 bits per heavy atom. The molecule has 32 heavy (non-hydrogen) atoms. The van der Waals surface area contributed by atoms with Gasteiger partial charge in [-0.05, 0) is 80.8 Å². The largest absolute Gasteiger partial charge is 0.351 e.